The fourth-order valence-corrected chi connectivity index (χ4v) is 5.22. The molecule has 0 bridgehead atoms. The molecule has 1 aromatic heterocycles. The van der Waals surface area contributed by atoms with E-state index in [1.807, 2.05) is 87.4 Å². The summed E-state index contributed by atoms with van der Waals surface area (Å²) in [6.07, 6.45) is 1.78. The van der Waals surface area contributed by atoms with Crippen LogP contribution in [0.25, 0.3) is 6.08 Å². The minimum atomic E-state index is -0.714. The summed E-state index contributed by atoms with van der Waals surface area (Å²) in [4.78, 5) is 34.1. The van der Waals surface area contributed by atoms with Crippen LogP contribution < -0.4 is 24.5 Å². The molecular weight excluding hydrogens is 474 g/mol. The zero-order valence-corrected chi connectivity index (χ0v) is 22.3. The Hall–Kier alpha value is -3.65. The Morgan fingerprint density at radius 2 is 1.86 bits per heavy atom. The number of anilines is 1. The van der Waals surface area contributed by atoms with Gasteiger partial charge in [-0.3, -0.25) is 9.36 Å². The summed E-state index contributed by atoms with van der Waals surface area (Å²) >= 11 is 1.31. The van der Waals surface area contributed by atoms with Gasteiger partial charge in [0.05, 0.1) is 28.5 Å². The molecule has 1 aliphatic heterocycles. The summed E-state index contributed by atoms with van der Waals surface area (Å²) in [7, 11) is 3.97. The molecule has 0 saturated carbocycles. The van der Waals surface area contributed by atoms with Crippen molar-refractivity contribution in [2.75, 3.05) is 25.6 Å². The predicted molar refractivity (Wildman–Crippen MR) is 143 cm³/mol. The molecule has 0 radical (unpaired) electrons. The number of nitrogens with zero attached hydrogens (tertiary/aromatic N) is 3. The lowest BCUT2D eigenvalue weighted by molar-refractivity contribution is -0.139. The number of benzene rings is 2. The third kappa shape index (κ3) is 4.99. The van der Waals surface area contributed by atoms with Crippen LogP contribution in [0.2, 0.25) is 0 Å². The first kappa shape index (κ1) is 25.4. The highest BCUT2D eigenvalue weighted by atomic mass is 32.1. The van der Waals surface area contributed by atoms with E-state index in [1.165, 1.54) is 11.3 Å². The van der Waals surface area contributed by atoms with Gasteiger partial charge in [-0.05, 0) is 57.5 Å². The molecule has 2 aromatic carbocycles. The van der Waals surface area contributed by atoms with E-state index in [2.05, 4.69) is 4.99 Å². The molecule has 188 valence electrons. The number of fused-ring (bicyclic) bond motifs is 1. The second-order valence-electron chi connectivity index (χ2n) is 8.99. The summed E-state index contributed by atoms with van der Waals surface area (Å²) in [6.45, 7) is 7.64. The molecule has 0 N–H and O–H groups in total. The maximum absolute atomic E-state index is 13.8. The van der Waals surface area contributed by atoms with Crippen molar-refractivity contribution in [3.8, 4) is 5.75 Å². The molecule has 0 aliphatic carbocycles. The van der Waals surface area contributed by atoms with Crippen LogP contribution in [0.1, 0.15) is 44.9 Å². The van der Waals surface area contributed by atoms with Gasteiger partial charge in [-0.15, -0.1) is 0 Å². The maximum Gasteiger partial charge on any atom is 0.338 e. The molecule has 4 rings (SSSR count). The van der Waals surface area contributed by atoms with Crippen molar-refractivity contribution in [1.82, 2.24) is 4.57 Å². The number of esters is 1. The van der Waals surface area contributed by atoms with E-state index in [0.29, 0.717) is 31.9 Å². The highest BCUT2D eigenvalue weighted by Crippen LogP contribution is 2.36. The number of allylic oxidation sites excluding steroid dienone is 1. The molecule has 0 spiro atoms. The molecule has 1 atom stereocenters. The molecule has 36 heavy (non-hydrogen) atoms. The smallest absolute Gasteiger partial charge is 0.338 e. The zero-order valence-electron chi connectivity index (χ0n) is 21.4. The first-order valence-corrected chi connectivity index (χ1v) is 12.8. The molecule has 2 heterocycles. The molecule has 0 saturated heterocycles. The zero-order chi connectivity index (χ0) is 26.0. The Morgan fingerprint density at radius 1 is 1.17 bits per heavy atom. The molecule has 1 aliphatic rings. The van der Waals surface area contributed by atoms with Gasteiger partial charge in [-0.2, -0.15) is 0 Å². The monoisotopic (exact) mass is 505 g/mol. The van der Waals surface area contributed by atoms with Gasteiger partial charge in [0.1, 0.15) is 11.8 Å². The number of hydrogen-bond acceptors (Lipinski definition) is 7. The molecular formula is C28H31N3O4S. The number of carbonyl (C=O) groups excluding carboxylic acids is 1. The van der Waals surface area contributed by atoms with Gasteiger partial charge in [0.15, 0.2) is 4.80 Å². The van der Waals surface area contributed by atoms with E-state index < -0.39 is 12.0 Å². The van der Waals surface area contributed by atoms with Crippen LogP contribution in [0.4, 0.5) is 5.69 Å². The molecule has 0 amide bonds. The highest BCUT2D eigenvalue weighted by molar-refractivity contribution is 7.07. The molecule has 3 aromatic rings. The van der Waals surface area contributed by atoms with Crippen molar-refractivity contribution in [2.24, 2.45) is 4.99 Å². The van der Waals surface area contributed by atoms with Crippen LogP contribution in [0.15, 0.2) is 69.6 Å². The van der Waals surface area contributed by atoms with Gasteiger partial charge >= 0.3 is 5.97 Å². The van der Waals surface area contributed by atoms with E-state index in [-0.39, 0.29) is 18.3 Å². The van der Waals surface area contributed by atoms with Gasteiger partial charge < -0.3 is 14.4 Å². The van der Waals surface area contributed by atoms with E-state index in [1.54, 1.807) is 18.4 Å². The predicted octanol–water partition coefficient (Wildman–Crippen LogP) is 3.65. The fraction of sp³-hybridized carbons (Fsp3) is 0.321. The quantitative estimate of drug-likeness (QED) is 0.459. The summed E-state index contributed by atoms with van der Waals surface area (Å²) in [6, 6.07) is 14.8. The number of rotatable bonds is 7. The standard InChI is InChI=1S/C28H31N3O4S/c1-7-34-27(33)24-18(4)29-28-31(25(24)21-10-8-9-11-22(21)35-17(2)3)26(32)23(36-28)16-19-12-14-20(15-13-19)30(5)6/h8-17,25H,7H2,1-6H3/b23-16+/t25-/m1/s1. The normalized spacial score (nSPS) is 15.5. The van der Waals surface area contributed by atoms with Crippen molar-refractivity contribution in [3.05, 3.63) is 90.6 Å². The third-order valence-corrected chi connectivity index (χ3v) is 6.78. The number of para-hydroxylation sites is 1. The van der Waals surface area contributed by atoms with Crippen molar-refractivity contribution in [2.45, 2.75) is 39.8 Å². The minimum Gasteiger partial charge on any atom is -0.491 e. The summed E-state index contributed by atoms with van der Waals surface area (Å²) < 4.78 is 13.6. The first-order chi connectivity index (χ1) is 17.2. The topological polar surface area (TPSA) is 73.1 Å². The molecule has 8 heteroatoms. The van der Waals surface area contributed by atoms with Gasteiger partial charge in [0, 0.05) is 25.3 Å². The summed E-state index contributed by atoms with van der Waals surface area (Å²) in [5.74, 6) is 0.125. The van der Waals surface area contributed by atoms with E-state index in [9.17, 15) is 9.59 Å². The number of aromatic nitrogens is 1. The van der Waals surface area contributed by atoms with E-state index in [0.717, 1.165) is 11.3 Å². The number of ether oxygens (including phenoxy) is 2. The van der Waals surface area contributed by atoms with Crippen LogP contribution in [0, 0.1) is 0 Å². The van der Waals surface area contributed by atoms with Crippen LogP contribution in [0.3, 0.4) is 0 Å². The van der Waals surface area contributed by atoms with Gasteiger partial charge in [-0.25, -0.2) is 9.79 Å². The van der Waals surface area contributed by atoms with Gasteiger partial charge in [0.2, 0.25) is 0 Å². The third-order valence-electron chi connectivity index (χ3n) is 5.80. The number of hydrogen-bond donors (Lipinski definition) is 0. The van der Waals surface area contributed by atoms with E-state index in [4.69, 9.17) is 9.47 Å². The van der Waals surface area contributed by atoms with Crippen LogP contribution in [0.5, 0.6) is 5.75 Å². The summed E-state index contributed by atoms with van der Waals surface area (Å²) in [5.41, 5.74) is 3.35. The maximum atomic E-state index is 13.8. The lowest BCUT2D eigenvalue weighted by Gasteiger charge is -2.26. The lowest BCUT2D eigenvalue weighted by Crippen LogP contribution is -2.40. The lowest BCUT2D eigenvalue weighted by atomic mass is 9.95. The Kier molecular flexibility index (Phi) is 7.45. The highest BCUT2D eigenvalue weighted by Gasteiger charge is 2.35. The Balaban J connectivity index is 1.93. The van der Waals surface area contributed by atoms with Crippen LogP contribution in [-0.4, -0.2) is 37.3 Å². The first-order valence-electron chi connectivity index (χ1n) is 11.9. The average Bonchev–Trinajstić information content (AvgIpc) is 3.13. The average molecular weight is 506 g/mol. The Bertz CT molecular complexity index is 1480. The van der Waals surface area contributed by atoms with Crippen molar-refractivity contribution in [1.29, 1.82) is 0 Å². The van der Waals surface area contributed by atoms with Gasteiger partial charge in [-0.1, -0.05) is 41.7 Å². The summed E-state index contributed by atoms with van der Waals surface area (Å²) in [5, 5.41) is 0. The second-order valence-corrected chi connectivity index (χ2v) is 10.0. The minimum absolute atomic E-state index is 0.0803. The molecule has 0 unspecified atom stereocenters. The fourth-order valence-electron chi connectivity index (χ4n) is 4.17. The van der Waals surface area contributed by atoms with Crippen molar-refractivity contribution in [3.63, 3.8) is 0 Å². The van der Waals surface area contributed by atoms with Crippen LogP contribution in [-0.2, 0) is 9.53 Å². The Labute approximate surface area is 214 Å². The largest absolute Gasteiger partial charge is 0.491 e. The SMILES string of the molecule is CCOC(=O)C1=C(C)N=c2s/c(=C/c3ccc(N(C)C)cc3)c(=O)n2[C@@H]1c1ccccc1OC(C)C. The number of carbonyl (C=O) groups is 1. The van der Waals surface area contributed by atoms with Gasteiger partial charge in [0.25, 0.3) is 5.56 Å². The Morgan fingerprint density at radius 3 is 2.50 bits per heavy atom. The van der Waals surface area contributed by atoms with Crippen LogP contribution >= 0.6 is 11.3 Å². The van der Waals surface area contributed by atoms with Crippen molar-refractivity contribution >= 4 is 29.1 Å². The number of thiazole rings is 1. The van der Waals surface area contributed by atoms with E-state index >= 15 is 0 Å². The van der Waals surface area contributed by atoms with Crippen molar-refractivity contribution < 1.29 is 14.3 Å². The molecule has 0 fully saturated rings. The molecule has 7 nitrogen and oxygen atoms in total. The second kappa shape index (κ2) is 10.5.